The molecule has 23 heavy (non-hydrogen) atoms. The molecule has 1 fully saturated rings. The first-order chi connectivity index (χ1) is 11.1. The quantitative estimate of drug-likeness (QED) is 0.876. The van der Waals surface area contributed by atoms with Crippen molar-refractivity contribution in [3.05, 3.63) is 29.8 Å². The van der Waals surface area contributed by atoms with Crippen molar-refractivity contribution in [3.63, 3.8) is 0 Å². The Morgan fingerprint density at radius 3 is 2.52 bits per heavy atom. The van der Waals surface area contributed by atoms with Crippen molar-refractivity contribution in [1.82, 2.24) is 10.2 Å². The Bertz CT molecular complexity index is 557. The number of amides is 1. The molecule has 0 aliphatic heterocycles. The van der Waals surface area contributed by atoms with Gasteiger partial charge in [-0.3, -0.25) is 9.69 Å². The first-order valence-corrected chi connectivity index (χ1v) is 8.11. The molecule has 2 rings (SSSR count). The molecule has 1 aliphatic rings. The molecule has 5 heteroatoms. The lowest BCUT2D eigenvalue weighted by Gasteiger charge is -2.32. The summed E-state index contributed by atoms with van der Waals surface area (Å²) in [7, 11) is 3.55. The van der Waals surface area contributed by atoms with Gasteiger partial charge in [0.05, 0.1) is 19.7 Å². The van der Waals surface area contributed by atoms with Gasteiger partial charge in [0.25, 0.3) is 0 Å². The Morgan fingerprint density at radius 2 is 1.96 bits per heavy atom. The third-order valence-corrected chi connectivity index (χ3v) is 4.32. The number of hydrogen-bond donors (Lipinski definition) is 1. The van der Waals surface area contributed by atoms with Gasteiger partial charge in [0.1, 0.15) is 11.3 Å². The molecule has 1 amide bonds. The van der Waals surface area contributed by atoms with E-state index in [1.807, 2.05) is 36.2 Å². The second-order valence-electron chi connectivity index (χ2n) is 6.32. The standard InChI is InChI=1S/C18H25N3O2/c1-21(12-15-6-8-16(23-2)9-7-15)13-17(22)20-18(14-19)10-4-3-5-11-18/h6-9H,3-5,10-13H2,1-2H3,(H,20,22). The van der Waals surface area contributed by atoms with Crippen molar-refractivity contribution >= 4 is 5.91 Å². The highest BCUT2D eigenvalue weighted by Crippen LogP contribution is 2.27. The zero-order chi connectivity index (χ0) is 16.7. The molecular weight excluding hydrogens is 290 g/mol. The second kappa shape index (κ2) is 7.98. The van der Waals surface area contributed by atoms with E-state index in [0.717, 1.165) is 43.4 Å². The Balaban J connectivity index is 1.85. The van der Waals surface area contributed by atoms with Crippen LogP contribution in [0, 0.1) is 11.3 Å². The normalized spacial score (nSPS) is 16.6. The number of rotatable bonds is 6. The Kier molecular flexibility index (Phi) is 6.00. The summed E-state index contributed by atoms with van der Waals surface area (Å²) < 4.78 is 5.14. The minimum atomic E-state index is -0.656. The lowest BCUT2D eigenvalue weighted by molar-refractivity contribution is -0.123. The number of benzene rings is 1. The van der Waals surface area contributed by atoms with Crippen molar-refractivity contribution in [2.24, 2.45) is 0 Å². The maximum Gasteiger partial charge on any atom is 0.235 e. The molecule has 1 aromatic rings. The van der Waals surface area contributed by atoms with Crippen LogP contribution in [0.4, 0.5) is 0 Å². The van der Waals surface area contributed by atoms with E-state index in [4.69, 9.17) is 4.74 Å². The van der Waals surface area contributed by atoms with Crippen LogP contribution in [0.15, 0.2) is 24.3 Å². The molecule has 0 aromatic heterocycles. The topological polar surface area (TPSA) is 65.4 Å². The summed E-state index contributed by atoms with van der Waals surface area (Å²) in [6, 6.07) is 10.1. The molecular formula is C18H25N3O2. The molecule has 0 unspecified atom stereocenters. The number of nitriles is 1. The number of methoxy groups -OCH3 is 1. The van der Waals surface area contributed by atoms with Gasteiger partial charge in [0, 0.05) is 6.54 Å². The van der Waals surface area contributed by atoms with Crippen molar-refractivity contribution in [1.29, 1.82) is 5.26 Å². The molecule has 1 aromatic carbocycles. The molecule has 0 spiro atoms. The molecule has 0 heterocycles. The molecule has 1 aliphatic carbocycles. The van der Waals surface area contributed by atoms with E-state index in [1.54, 1.807) is 7.11 Å². The fourth-order valence-corrected chi connectivity index (χ4v) is 3.07. The minimum Gasteiger partial charge on any atom is -0.497 e. The molecule has 0 radical (unpaired) electrons. The maximum absolute atomic E-state index is 12.3. The van der Waals surface area contributed by atoms with Gasteiger partial charge < -0.3 is 10.1 Å². The molecule has 124 valence electrons. The van der Waals surface area contributed by atoms with Gasteiger partial charge in [-0.2, -0.15) is 5.26 Å². The monoisotopic (exact) mass is 315 g/mol. The van der Waals surface area contributed by atoms with Crippen LogP contribution >= 0.6 is 0 Å². The van der Waals surface area contributed by atoms with E-state index in [-0.39, 0.29) is 12.5 Å². The van der Waals surface area contributed by atoms with Crippen LogP contribution in [0.5, 0.6) is 5.75 Å². The lowest BCUT2D eigenvalue weighted by Crippen LogP contribution is -2.51. The Morgan fingerprint density at radius 1 is 1.30 bits per heavy atom. The first kappa shape index (κ1) is 17.3. The predicted octanol–water partition coefficient (Wildman–Crippen LogP) is 2.47. The van der Waals surface area contributed by atoms with Gasteiger partial charge in [-0.15, -0.1) is 0 Å². The van der Waals surface area contributed by atoms with Crippen LogP contribution in [0.25, 0.3) is 0 Å². The highest BCUT2D eigenvalue weighted by molar-refractivity contribution is 5.79. The van der Waals surface area contributed by atoms with Gasteiger partial charge in [-0.25, -0.2) is 0 Å². The van der Waals surface area contributed by atoms with E-state index >= 15 is 0 Å². The molecule has 5 nitrogen and oxygen atoms in total. The van der Waals surface area contributed by atoms with Crippen molar-refractivity contribution in [3.8, 4) is 11.8 Å². The fourth-order valence-electron chi connectivity index (χ4n) is 3.07. The van der Waals surface area contributed by atoms with Gasteiger partial charge in [0.2, 0.25) is 5.91 Å². The Labute approximate surface area is 138 Å². The highest BCUT2D eigenvalue weighted by atomic mass is 16.5. The van der Waals surface area contributed by atoms with Crippen molar-refractivity contribution < 1.29 is 9.53 Å². The summed E-state index contributed by atoms with van der Waals surface area (Å²) in [5.74, 6) is 0.742. The summed E-state index contributed by atoms with van der Waals surface area (Å²) in [5.41, 5.74) is 0.463. The smallest absolute Gasteiger partial charge is 0.235 e. The zero-order valence-corrected chi connectivity index (χ0v) is 14.0. The minimum absolute atomic E-state index is 0.0792. The van der Waals surface area contributed by atoms with E-state index in [9.17, 15) is 10.1 Å². The number of hydrogen-bond acceptors (Lipinski definition) is 4. The van der Waals surface area contributed by atoms with Crippen LogP contribution in [0.1, 0.15) is 37.7 Å². The van der Waals surface area contributed by atoms with E-state index in [1.165, 1.54) is 0 Å². The number of likely N-dealkylation sites (N-methyl/N-ethyl adjacent to an activating group) is 1. The average molecular weight is 315 g/mol. The SMILES string of the molecule is COc1ccc(CN(C)CC(=O)NC2(C#N)CCCCC2)cc1. The number of ether oxygens (including phenoxy) is 1. The third kappa shape index (κ3) is 4.97. The largest absolute Gasteiger partial charge is 0.497 e. The molecule has 1 saturated carbocycles. The molecule has 0 saturated heterocycles. The number of nitrogens with zero attached hydrogens (tertiary/aromatic N) is 2. The zero-order valence-electron chi connectivity index (χ0n) is 14.0. The van der Waals surface area contributed by atoms with Gasteiger partial charge >= 0.3 is 0 Å². The number of nitrogens with one attached hydrogen (secondary N) is 1. The van der Waals surface area contributed by atoms with Crippen LogP contribution in [-0.4, -0.2) is 37.0 Å². The maximum atomic E-state index is 12.3. The summed E-state index contributed by atoms with van der Waals surface area (Å²) in [6.07, 6.45) is 4.69. The number of carbonyl (C=O) groups excluding carboxylic acids is 1. The van der Waals surface area contributed by atoms with E-state index < -0.39 is 5.54 Å². The summed E-state index contributed by atoms with van der Waals surface area (Å²) in [6.45, 7) is 0.965. The van der Waals surface area contributed by atoms with E-state index in [0.29, 0.717) is 6.54 Å². The molecule has 0 atom stereocenters. The summed E-state index contributed by atoms with van der Waals surface area (Å²) >= 11 is 0. The Hall–Kier alpha value is -2.06. The lowest BCUT2D eigenvalue weighted by atomic mass is 9.83. The first-order valence-electron chi connectivity index (χ1n) is 8.11. The summed E-state index contributed by atoms with van der Waals surface area (Å²) in [4.78, 5) is 14.2. The molecule has 1 N–H and O–H groups in total. The molecule has 0 bridgehead atoms. The highest BCUT2D eigenvalue weighted by Gasteiger charge is 2.33. The van der Waals surface area contributed by atoms with E-state index in [2.05, 4.69) is 11.4 Å². The van der Waals surface area contributed by atoms with Crippen molar-refractivity contribution in [2.45, 2.75) is 44.2 Å². The van der Waals surface area contributed by atoms with Crippen LogP contribution in [0.2, 0.25) is 0 Å². The van der Waals surface area contributed by atoms with Crippen LogP contribution < -0.4 is 10.1 Å². The van der Waals surface area contributed by atoms with Gasteiger partial charge in [0.15, 0.2) is 0 Å². The fraction of sp³-hybridized carbons (Fsp3) is 0.556. The third-order valence-electron chi connectivity index (χ3n) is 4.32. The van der Waals surface area contributed by atoms with Crippen molar-refractivity contribution in [2.75, 3.05) is 20.7 Å². The average Bonchev–Trinajstić information content (AvgIpc) is 2.56. The predicted molar refractivity (Wildman–Crippen MR) is 88.9 cm³/mol. The van der Waals surface area contributed by atoms with Crippen LogP contribution in [0.3, 0.4) is 0 Å². The summed E-state index contributed by atoms with van der Waals surface area (Å²) in [5, 5.41) is 12.4. The number of carbonyl (C=O) groups is 1. The van der Waals surface area contributed by atoms with Crippen LogP contribution in [-0.2, 0) is 11.3 Å². The second-order valence-corrected chi connectivity index (χ2v) is 6.32. The van der Waals surface area contributed by atoms with Gasteiger partial charge in [-0.05, 0) is 37.6 Å². The van der Waals surface area contributed by atoms with Gasteiger partial charge in [-0.1, -0.05) is 31.4 Å².